The first-order valence-electron chi connectivity index (χ1n) is 6.64. The maximum absolute atomic E-state index is 11.6. The molecule has 0 aliphatic carbocycles. The van der Waals surface area contributed by atoms with Crippen molar-refractivity contribution in [3.63, 3.8) is 0 Å². The molecule has 0 radical (unpaired) electrons. The number of aliphatic hydroxyl groups excluding tert-OH is 3. The Morgan fingerprint density at radius 1 is 1.17 bits per heavy atom. The van der Waals surface area contributed by atoms with Gasteiger partial charge >= 0.3 is 11.9 Å². The number of nitrogens with one attached hydrogen (secondary N) is 1. The highest BCUT2D eigenvalue weighted by atomic mass is 16.5. The minimum Gasteiger partial charge on any atom is -0.466 e. The van der Waals surface area contributed by atoms with Gasteiger partial charge in [-0.05, 0) is 17.7 Å². The highest BCUT2D eigenvalue weighted by molar-refractivity contribution is 5.98. The van der Waals surface area contributed by atoms with Crippen LogP contribution >= 0.6 is 0 Å². The van der Waals surface area contributed by atoms with Gasteiger partial charge in [-0.25, -0.2) is 9.59 Å². The van der Waals surface area contributed by atoms with E-state index in [1.807, 2.05) is 0 Å². The van der Waals surface area contributed by atoms with Crippen LogP contribution in [0.3, 0.4) is 0 Å². The Balaban J connectivity index is 2.92. The van der Waals surface area contributed by atoms with Gasteiger partial charge in [0.25, 0.3) is 0 Å². The van der Waals surface area contributed by atoms with Crippen LogP contribution in [0.2, 0.25) is 0 Å². The Hall–Kier alpha value is -2.42. The Labute approximate surface area is 133 Å². The van der Waals surface area contributed by atoms with E-state index in [0.717, 1.165) is 6.08 Å². The lowest BCUT2D eigenvalue weighted by Crippen LogP contribution is -2.22. The number of aliphatic hydroxyl groups is 3. The Morgan fingerprint density at radius 2 is 1.78 bits per heavy atom. The average molecular weight is 325 g/mol. The largest absolute Gasteiger partial charge is 0.466 e. The van der Waals surface area contributed by atoms with E-state index in [1.165, 1.54) is 38.5 Å². The molecule has 1 aromatic rings. The van der Waals surface area contributed by atoms with E-state index in [2.05, 4.69) is 14.8 Å². The summed E-state index contributed by atoms with van der Waals surface area (Å²) in [6, 6.07) is 6.05. The maximum atomic E-state index is 11.6. The van der Waals surface area contributed by atoms with Gasteiger partial charge in [-0.1, -0.05) is 12.1 Å². The van der Waals surface area contributed by atoms with Gasteiger partial charge in [0.1, 0.15) is 17.9 Å². The van der Waals surface area contributed by atoms with Crippen molar-refractivity contribution in [1.82, 2.24) is 0 Å². The van der Waals surface area contributed by atoms with Crippen LogP contribution < -0.4 is 5.32 Å². The molecule has 8 nitrogen and oxygen atoms in total. The summed E-state index contributed by atoms with van der Waals surface area (Å²) in [7, 11) is 2.35. The summed E-state index contributed by atoms with van der Waals surface area (Å²) in [4.78, 5) is 22.9. The Kier molecular flexibility index (Phi) is 7.20. The maximum Gasteiger partial charge on any atom is 0.354 e. The topological polar surface area (TPSA) is 125 Å². The second-order valence-corrected chi connectivity index (χ2v) is 4.51. The molecule has 0 fully saturated rings. The van der Waals surface area contributed by atoms with Crippen molar-refractivity contribution >= 4 is 17.6 Å². The van der Waals surface area contributed by atoms with Gasteiger partial charge < -0.3 is 30.1 Å². The van der Waals surface area contributed by atoms with Crippen molar-refractivity contribution < 1.29 is 34.4 Å². The number of esters is 2. The molecule has 1 rings (SSSR count). The van der Waals surface area contributed by atoms with Crippen molar-refractivity contribution in [2.45, 2.75) is 12.2 Å². The highest BCUT2D eigenvalue weighted by Gasteiger charge is 2.17. The van der Waals surface area contributed by atoms with E-state index in [-0.39, 0.29) is 5.70 Å². The van der Waals surface area contributed by atoms with Gasteiger partial charge in [-0.3, -0.25) is 0 Å². The Bertz CT molecular complexity index is 568. The number of hydrogen-bond donors (Lipinski definition) is 4. The molecular weight excluding hydrogens is 306 g/mol. The van der Waals surface area contributed by atoms with Gasteiger partial charge in [-0.15, -0.1) is 0 Å². The lowest BCUT2D eigenvalue weighted by atomic mass is 10.0. The molecule has 0 bridgehead atoms. The molecule has 0 aliphatic rings. The summed E-state index contributed by atoms with van der Waals surface area (Å²) >= 11 is 0. The molecule has 23 heavy (non-hydrogen) atoms. The first-order valence-corrected chi connectivity index (χ1v) is 6.64. The van der Waals surface area contributed by atoms with Crippen LogP contribution in [-0.4, -0.2) is 54.2 Å². The van der Waals surface area contributed by atoms with Gasteiger partial charge in [0, 0.05) is 5.69 Å². The molecule has 1 aromatic carbocycles. The fraction of sp³-hybridized carbons (Fsp3) is 0.333. The average Bonchev–Trinajstić information content (AvgIpc) is 2.59. The first kappa shape index (κ1) is 18.6. The third-order valence-electron chi connectivity index (χ3n) is 2.95. The second-order valence-electron chi connectivity index (χ2n) is 4.51. The van der Waals surface area contributed by atoms with E-state index < -0.39 is 30.8 Å². The van der Waals surface area contributed by atoms with Crippen molar-refractivity contribution in [3.8, 4) is 0 Å². The number of methoxy groups -OCH3 is 2. The second kappa shape index (κ2) is 8.89. The van der Waals surface area contributed by atoms with Crippen molar-refractivity contribution in [3.05, 3.63) is 41.6 Å². The van der Waals surface area contributed by atoms with E-state index in [0.29, 0.717) is 11.3 Å². The van der Waals surface area contributed by atoms with Gasteiger partial charge in [-0.2, -0.15) is 0 Å². The zero-order chi connectivity index (χ0) is 17.4. The summed E-state index contributed by atoms with van der Waals surface area (Å²) in [5.74, 6) is -1.48. The molecule has 4 N–H and O–H groups in total. The SMILES string of the molecule is COC(=O)/C=C(/Nc1ccc(C(O)C(O)CO)cc1)C(=O)OC. The lowest BCUT2D eigenvalue weighted by molar-refractivity contribution is -0.138. The Morgan fingerprint density at radius 3 is 2.26 bits per heavy atom. The number of anilines is 1. The van der Waals surface area contributed by atoms with Gasteiger partial charge in [0.05, 0.1) is 26.9 Å². The molecule has 2 atom stereocenters. The molecule has 8 heteroatoms. The number of ether oxygens (including phenoxy) is 2. The predicted octanol–water partition coefficient (Wildman–Crippen LogP) is -0.285. The number of carbonyl (C=O) groups excluding carboxylic acids is 2. The summed E-state index contributed by atoms with van der Waals surface area (Å²) < 4.78 is 9.01. The van der Waals surface area contributed by atoms with E-state index >= 15 is 0 Å². The van der Waals surface area contributed by atoms with Crippen LogP contribution in [0.1, 0.15) is 11.7 Å². The zero-order valence-corrected chi connectivity index (χ0v) is 12.7. The van der Waals surface area contributed by atoms with Crippen molar-refractivity contribution in [1.29, 1.82) is 0 Å². The van der Waals surface area contributed by atoms with Crippen molar-refractivity contribution in [2.24, 2.45) is 0 Å². The molecule has 126 valence electrons. The molecule has 0 saturated carbocycles. The molecule has 2 unspecified atom stereocenters. The molecule has 0 saturated heterocycles. The monoisotopic (exact) mass is 325 g/mol. The standard InChI is InChI=1S/C15H19NO7/c1-22-13(19)7-11(15(21)23-2)16-10-5-3-9(4-6-10)14(20)12(18)8-17/h3-7,12,14,16-18,20H,8H2,1-2H3/b11-7+. The summed E-state index contributed by atoms with van der Waals surface area (Å²) in [5, 5.41) is 30.7. The highest BCUT2D eigenvalue weighted by Crippen LogP contribution is 2.20. The minimum absolute atomic E-state index is 0.122. The minimum atomic E-state index is -1.29. The van der Waals surface area contributed by atoms with Crippen LogP contribution in [0.25, 0.3) is 0 Å². The van der Waals surface area contributed by atoms with Crippen LogP contribution in [-0.2, 0) is 19.1 Å². The lowest BCUT2D eigenvalue weighted by Gasteiger charge is -2.16. The third-order valence-corrected chi connectivity index (χ3v) is 2.95. The quantitative estimate of drug-likeness (QED) is 0.398. The van der Waals surface area contributed by atoms with Crippen LogP contribution in [0, 0.1) is 0 Å². The van der Waals surface area contributed by atoms with E-state index in [9.17, 15) is 19.8 Å². The summed E-state index contributed by atoms with van der Waals surface area (Å²) in [5.41, 5.74) is 0.705. The van der Waals surface area contributed by atoms with Crippen LogP contribution in [0.4, 0.5) is 5.69 Å². The smallest absolute Gasteiger partial charge is 0.354 e. The van der Waals surface area contributed by atoms with Gasteiger partial charge in [0.15, 0.2) is 0 Å². The molecule has 0 aromatic heterocycles. The van der Waals surface area contributed by atoms with Crippen LogP contribution in [0.15, 0.2) is 36.0 Å². The fourth-order valence-electron chi connectivity index (χ4n) is 1.67. The fourth-order valence-corrected chi connectivity index (χ4v) is 1.67. The molecule has 0 aliphatic heterocycles. The number of hydrogen-bond acceptors (Lipinski definition) is 8. The van der Waals surface area contributed by atoms with Crippen LogP contribution in [0.5, 0.6) is 0 Å². The van der Waals surface area contributed by atoms with Crippen molar-refractivity contribution in [2.75, 3.05) is 26.1 Å². The predicted molar refractivity (Wildman–Crippen MR) is 80.2 cm³/mol. The molecule has 0 spiro atoms. The third kappa shape index (κ3) is 5.37. The molecular formula is C15H19NO7. The normalized spacial score (nSPS) is 13.9. The number of benzene rings is 1. The molecule has 0 heterocycles. The summed E-state index contributed by atoms with van der Waals surface area (Å²) in [6.07, 6.45) is -1.58. The van der Waals surface area contributed by atoms with E-state index in [4.69, 9.17) is 5.11 Å². The summed E-state index contributed by atoms with van der Waals surface area (Å²) in [6.45, 7) is -0.574. The zero-order valence-electron chi connectivity index (χ0n) is 12.7. The molecule has 0 amide bonds. The first-order chi connectivity index (χ1) is 10.9. The van der Waals surface area contributed by atoms with Gasteiger partial charge in [0.2, 0.25) is 0 Å². The number of rotatable bonds is 7. The number of carbonyl (C=O) groups is 2. The van der Waals surface area contributed by atoms with E-state index in [1.54, 1.807) is 0 Å².